The van der Waals surface area contributed by atoms with Crippen LogP contribution in [0, 0.1) is 16.7 Å². The molecule has 4 aromatic heterocycles. The van der Waals surface area contributed by atoms with Crippen LogP contribution < -0.4 is 36.2 Å². The molecule has 74 heavy (non-hydrogen) atoms. The number of aromatic nitrogens is 7. The van der Waals surface area contributed by atoms with Gasteiger partial charge in [-0.1, -0.05) is 39.7 Å². The van der Waals surface area contributed by atoms with Crippen LogP contribution in [0.15, 0.2) is 67.3 Å². The van der Waals surface area contributed by atoms with Gasteiger partial charge in [-0.25, -0.2) is 9.97 Å². The SMILES string of the molecule is CNC(=O)c1nnc(Nc2ccc(N3CCN(C(=O)CCCCCCC(=O)N[C@H](C(=O)N4C[C@H](O)C[C@H]4C(=O)NCc4ccc(C#N)cn4)C(C)(C)C)CC3)cn2)cc1Nc1cccc(-c2ncn(C)n2)c1OC. The minimum Gasteiger partial charge on any atom is -0.494 e. The molecule has 5 amide bonds. The fraction of sp³-hybridized carbons (Fsp3) is 0.451. The maximum absolute atomic E-state index is 13.9. The molecule has 2 aliphatic heterocycles. The van der Waals surface area contributed by atoms with Gasteiger partial charge in [0.15, 0.2) is 23.1 Å². The number of rotatable bonds is 20. The van der Waals surface area contributed by atoms with Gasteiger partial charge in [-0.05, 0) is 54.7 Å². The van der Waals surface area contributed by atoms with Crippen LogP contribution >= 0.6 is 0 Å². The van der Waals surface area contributed by atoms with Crippen molar-refractivity contribution < 1.29 is 33.8 Å². The number of unbranched alkanes of at least 4 members (excludes halogenated alkanes) is 3. The molecular formula is C51H64N16O7. The molecule has 0 saturated carbocycles. The Morgan fingerprint density at radius 2 is 1.66 bits per heavy atom. The second kappa shape index (κ2) is 24.4. The number of para-hydroxylation sites is 1. The predicted octanol–water partition coefficient (Wildman–Crippen LogP) is 3.59. The van der Waals surface area contributed by atoms with Crippen molar-refractivity contribution in [2.45, 2.75) is 90.4 Å². The summed E-state index contributed by atoms with van der Waals surface area (Å²) in [5, 5.41) is 47.1. The average Bonchev–Trinajstić information content (AvgIpc) is 4.02. The Kier molecular flexibility index (Phi) is 17.7. The van der Waals surface area contributed by atoms with Crippen LogP contribution in [-0.2, 0) is 32.8 Å². The lowest BCUT2D eigenvalue weighted by molar-refractivity contribution is -0.144. The molecule has 0 radical (unpaired) electrons. The lowest BCUT2D eigenvalue weighted by Crippen LogP contribution is -2.57. The normalized spacial score (nSPS) is 15.9. The molecule has 390 valence electrons. The van der Waals surface area contributed by atoms with E-state index in [2.05, 4.69) is 61.7 Å². The number of methoxy groups -OCH3 is 1. The molecule has 0 unspecified atom stereocenters. The molecule has 6 heterocycles. The van der Waals surface area contributed by atoms with Crippen molar-refractivity contribution in [1.82, 2.24) is 60.7 Å². The molecular weight excluding hydrogens is 949 g/mol. The highest BCUT2D eigenvalue weighted by Gasteiger charge is 2.44. The van der Waals surface area contributed by atoms with Crippen LogP contribution in [0.25, 0.3) is 11.4 Å². The maximum Gasteiger partial charge on any atom is 0.273 e. The number of nitriles is 1. The van der Waals surface area contributed by atoms with E-state index in [-0.39, 0.29) is 43.4 Å². The smallest absolute Gasteiger partial charge is 0.273 e. The summed E-state index contributed by atoms with van der Waals surface area (Å²) in [5.74, 6) is 0.289. The third kappa shape index (κ3) is 13.6. The van der Waals surface area contributed by atoms with Crippen LogP contribution in [-0.4, -0.2) is 144 Å². The monoisotopic (exact) mass is 1010 g/mol. The summed E-state index contributed by atoms with van der Waals surface area (Å²) < 4.78 is 7.35. The molecule has 2 aliphatic rings. The van der Waals surface area contributed by atoms with Crippen molar-refractivity contribution in [1.29, 1.82) is 5.26 Å². The molecule has 0 spiro atoms. The van der Waals surface area contributed by atoms with Crippen LogP contribution in [0.3, 0.4) is 0 Å². The van der Waals surface area contributed by atoms with Gasteiger partial charge in [-0.3, -0.25) is 33.6 Å². The van der Waals surface area contributed by atoms with Crippen molar-refractivity contribution in [2.24, 2.45) is 12.5 Å². The summed E-state index contributed by atoms with van der Waals surface area (Å²) >= 11 is 0. The van der Waals surface area contributed by atoms with E-state index in [4.69, 9.17) is 10.00 Å². The Hall–Kier alpha value is -8.26. The fourth-order valence-electron chi connectivity index (χ4n) is 8.78. The average molecular weight is 1010 g/mol. The van der Waals surface area contributed by atoms with Gasteiger partial charge in [0, 0.05) is 78.3 Å². The highest BCUT2D eigenvalue weighted by atomic mass is 16.5. The zero-order valence-corrected chi connectivity index (χ0v) is 42.6. The number of benzene rings is 1. The standard InChI is InChI=1S/C51H64N16O7/c1-51(2,3)46(50(73)67-30-35(68)24-39(67)48(71)56-28-33-17-16-32(26-52)27-54-33)60-42(69)14-9-7-8-10-15-43(70)66-22-20-65(21-23-66)34-18-19-40(55-29-34)59-41-25-38(44(62-61-41)49(72)53-4)58-37-13-11-12-36(45(37)74-6)47-57-31-64(5)63-47/h11-13,16-19,25,27,29,31,35,39,46,68H,7-10,14-15,20-24,28,30H2,1-6H3,(H,53,72)(H,56,71)(H,60,69)(H2,55,58,59,61)/t35-,39+,46-/m1/s1. The number of anilines is 5. The lowest BCUT2D eigenvalue weighted by Gasteiger charge is -2.36. The van der Waals surface area contributed by atoms with E-state index >= 15 is 0 Å². The molecule has 7 rings (SSSR count). The number of amides is 5. The van der Waals surface area contributed by atoms with Crippen molar-refractivity contribution in [3.8, 4) is 23.2 Å². The minimum absolute atomic E-state index is 0.0353. The molecule has 2 saturated heterocycles. The van der Waals surface area contributed by atoms with Gasteiger partial charge in [-0.2, -0.15) is 10.4 Å². The second-order valence-corrected chi connectivity index (χ2v) is 19.3. The molecule has 1 aromatic carbocycles. The largest absolute Gasteiger partial charge is 0.494 e. The summed E-state index contributed by atoms with van der Waals surface area (Å²) in [4.78, 5) is 85.0. The summed E-state index contributed by atoms with van der Waals surface area (Å²) in [6, 6.07) is 14.3. The van der Waals surface area contributed by atoms with E-state index in [9.17, 15) is 29.1 Å². The Morgan fingerprint density at radius 3 is 2.31 bits per heavy atom. The van der Waals surface area contributed by atoms with E-state index < -0.39 is 41.3 Å². The van der Waals surface area contributed by atoms with E-state index in [1.54, 1.807) is 55.6 Å². The quantitative estimate of drug-likeness (QED) is 0.0608. The number of nitrogens with zero attached hydrogens (tertiary/aromatic N) is 11. The van der Waals surface area contributed by atoms with Crippen LogP contribution in [0.1, 0.15) is 87.5 Å². The number of likely N-dealkylation sites (tertiary alicyclic amines) is 1. The molecule has 0 bridgehead atoms. The van der Waals surface area contributed by atoms with Gasteiger partial charge >= 0.3 is 0 Å². The van der Waals surface area contributed by atoms with Gasteiger partial charge in [0.25, 0.3) is 5.91 Å². The number of hydrogen-bond acceptors (Lipinski definition) is 17. The first-order chi connectivity index (χ1) is 35.5. The summed E-state index contributed by atoms with van der Waals surface area (Å²) in [5.41, 5.74) is 2.81. The van der Waals surface area contributed by atoms with E-state index in [1.165, 1.54) is 18.1 Å². The van der Waals surface area contributed by atoms with Gasteiger partial charge in [0.05, 0.1) is 59.8 Å². The number of β-amino-alcohol motifs (C(OH)–C–C–N with tert-alkyl or cyclic N) is 1. The fourth-order valence-corrected chi connectivity index (χ4v) is 8.78. The topological polar surface area (TPSA) is 291 Å². The van der Waals surface area contributed by atoms with E-state index in [0.29, 0.717) is 96.8 Å². The van der Waals surface area contributed by atoms with Crippen LogP contribution in [0.5, 0.6) is 5.75 Å². The molecule has 23 nitrogen and oxygen atoms in total. The van der Waals surface area contributed by atoms with Gasteiger partial charge in [0.1, 0.15) is 30.3 Å². The molecule has 2 fully saturated rings. The number of pyridine rings is 2. The number of carbonyl (C=O) groups excluding carboxylic acids is 5. The number of carbonyl (C=O) groups is 5. The lowest BCUT2D eigenvalue weighted by atomic mass is 9.85. The third-order valence-corrected chi connectivity index (χ3v) is 12.8. The highest BCUT2D eigenvalue weighted by molar-refractivity contribution is 5.99. The van der Waals surface area contributed by atoms with E-state index in [0.717, 1.165) is 18.5 Å². The summed E-state index contributed by atoms with van der Waals surface area (Å²) in [6.45, 7) is 7.98. The first-order valence-electron chi connectivity index (χ1n) is 24.6. The zero-order valence-electron chi connectivity index (χ0n) is 42.6. The number of ether oxygens (including phenoxy) is 1. The number of nitrogens with one attached hydrogen (secondary N) is 5. The van der Waals surface area contributed by atoms with Gasteiger partial charge in [-0.15, -0.1) is 10.2 Å². The van der Waals surface area contributed by atoms with Crippen molar-refractivity contribution >= 4 is 58.2 Å². The first kappa shape index (κ1) is 53.5. The van der Waals surface area contributed by atoms with Crippen molar-refractivity contribution in [2.75, 3.05) is 62.4 Å². The number of hydrogen-bond donors (Lipinski definition) is 6. The highest BCUT2D eigenvalue weighted by Crippen LogP contribution is 2.37. The maximum atomic E-state index is 13.9. The van der Waals surface area contributed by atoms with Crippen LogP contribution in [0.4, 0.5) is 28.7 Å². The number of piperazine rings is 1. The van der Waals surface area contributed by atoms with Crippen LogP contribution in [0.2, 0.25) is 0 Å². The van der Waals surface area contributed by atoms with Gasteiger partial charge in [0.2, 0.25) is 23.6 Å². The van der Waals surface area contributed by atoms with E-state index in [1.807, 2.05) is 56.0 Å². The predicted molar refractivity (Wildman–Crippen MR) is 274 cm³/mol. The van der Waals surface area contributed by atoms with Gasteiger partial charge < -0.3 is 51.1 Å². The Bertz CT molecular complexity index is 2820. The first-order valence-corrected chi connectivity index (χ1v) is 24.6. The molecule has 6 N–H and O–H groups in total. The Labute approximate surface area is 429 Å². The number of aryl methyl sites for hydroxylation is 1. The Morgan fingerprint density at radius 1 is 0.892 bits per heavy atom. The molecule has 5 aromatic rings. The molecule has 3 atom stereocenters. The summed E-state index contributed by atoms with van der Waals surface area (Å²) in [6.07, 6.45) is 7.30. The number of aliphatic hydroxyl groups excluding tert-OH is 1. The van der Waals surface area contributed by atoms with Crippen molar-refractivity contribution in [3.63, 3.8) is 0 Å². The summed E-state index contributed by atoms with van der Waals surface area (Å²) in [7, 11) is 4.83. The zero-order chi connectivity index (χ0) is 52.9. The molecule has 23 heteroatoms. The molecule has 0 aliphatic carbocycles. The minimum atomic E-state index is -0.931. The Balaban J connectivity index is 0.828. The third-order valence-electron chi connectivity index (χ3n) is 12.8. The number of aliphatic hydroxyl groups is 1. The second-order valence-electron chi connectivity index (χ2n) is 19.3. The van der Waals surface area contributed by atoms with Crippen molar-refractivity contribution in [3.05, 3.63) is 84.2 Å².